The molecule has 0 saturated carbocycles. The fraction of sp³-hybridized carbons (Fsp3) is 0.308. The molecular formula is C13H14ClFN2. The second-order valence-corrected chi connectivity index (χ2v) is 4.92. The molecule has 1 atom stereocenters. The number of hydrogen-bond donors (Lipinski definition) is 0. The van der Waals surface area contributed by atoms with Crippen LogP contribution in [0.25, 0.3) is 11.0 Å². The van der Waals surface area contributed by atoms with Crippen molar-refractivity contribution in [3.05, 3.63) is 42.0 Å². The summed E-state index contributed by atoms with van der Waals surface area (Å²) >= 11 is 6.10. The van der Waals surface area contributed by atoms with Crippen LogP contribution in [0.1, 0.15) is 25.0 Å². The van der Waals surface area contributed by atoms with Crippen LogP contribution < -0.4 is 0 Å². The molecule has 4 heteroatoms. The molecule has 0 aliphatic rings. The number of alkyl halides is 1. The van der Waals surface area contributed by atoms with Gasteiger partial charge in [0.15, 0.2) is 0 Å². The number of nitrogens with zero attached hydrogens (tertiary/aromatic N) is 2. The molecule has 0 bridgehead atoms. The van der Waals surface area contributed by atoms with E-state index in [0.29, 0.717) is 12.1 Å². The molecule has 1 heterocycles. The molecule has 0 amide bonds. The van der Waals surface area contributed by atoms with Gasteiger partial charge < -0.3 is 4.57 Å². The van der Waals surface area contributed by atoms with E-state index in [4.69, 9.17) is 11.6 Å². The van der Waals surface area contributed by atoms with E-state index in [9.17, 15) is 4.39 Å². The Balaban J connectivity index is 2.66. The van der Waals surface area contributed by atoms with Crippen molar-refractivity contribution in [1.82, 2.24) is 9.55 Å². The van der Waals surface area contributed by atoms with Crippen LogP contribution in [-0.4, -0.2) is 9.55 Å². The van der Waals surface area contributed by atoms with Crippen molar-refractivity contribution in [3.8, 4) is 0 Å². The van der Waals surface area contributed by atoms with Crippen molar-refractivity contribution in [2.24, 2.45) is 0 Å². The van der Waals surface area contributed by atoms with Gasteiger partial charge >= 0.3 is 0 Å². The van der Waals surface area contributed by atoms with Gasteiger partial charge in [0.1, 0.15) is 11.6 Å². The number of rotatable bonds is 3. The Bertz CT molecular complexity index is 572. The van der Waals surface area contributed by atoms with Crippen LogP contribution in [0.15, 0.2) is 30.4 Å². The maximum absolute atomic E-state index is 13.1. The molecular weight excluding hydrogens is 239 g/mol. The average Bonchev–Trinajstić information content (AvgIpc) is 2.55. The van der Waals surface area contributed by atoms with Gasteiger partial charge in [-0.25, -0.2) is 9.37 Å². The lowest BCUT2D eigenvalue weighted by molar-refractivity contribution is 0.629. The van der Waals surface area contributed by atoms with Gasteiger partial charge in [0.25, 0.3) is 0 Å². The van der Waals surface area contributed by atoms with Crippen molar-refractivity contribution in [1.29, 1.82) is 0 Å². The summed E-state index contributed by atoms with van der Waals surface area (Å²) in [6.07, 6.45) is 0. The molecule has 0 N–H and O–H groups in total. The maximum atomic E-state index is 13.1. The summed E-state index contributed by atoms with van der Waals surface area (Å²) in [5.74, 6) is 0.460. The largest absolute Gasteiger partial charge is 0.323 e. The molecule has 1 aromatic carbocycles. The molecule has 0 fully saturated rings. The number of allylic oxidation sites excluding steroid dienone is 1. The fourth-order valence-corrected chi connectivity index (χ4v) is 2.03. The first-order chi connectivity index (χ1) is 7.99. The third kappa shape index (κ3) is 2.34. The first-order valence-electron chi connectivity index (χ1n) is 5.43. The van der Waals surface area contributed by atoms with E-state index >= 15 is 0 Å². The summed E-state index contributed by atoms with van der Waals surface area (Å²) < 4.78 is 15.1. The molecule has 2 aromatic rings. The normalized spacial score (nSPS) is 12.9. The predicted octanol–water partition coefficient (Wildman–Crippen LogP) is 4.05. The number of aromatic nitrogens is 2. The highest BCUT2D eigenvalue weighted by Gasteiger charge is 2.15. The smallest absolute Gasteiger partial charge is 0.128 e. The van der Waals surface area contributed by atoms with E-state index < -0.39 is 0 Å². The summed E-state index contributed by atoms with van der Waals surface area (Å²) in [6.45, 7) is 8.33. The summed E-state index contributed by atoms with van der Waals surface area (Å²) in [6, 6.07) is 4.58. The lowest BCUT2D eigenvalue weighted by Crippen LogP contribution is -2.05. The number of imidazole rings is 1. The van der Waals surface area contributed by atoms with Gasteiger partial charge in [-0.05, 0) is 26.0 Å². The van der Waals surface area contributed by atoms with Gasteiger partial charge in [-0.15, -0.1) is 11.6 Å². The van der Waals surface area contributed by atoms with E-state index in [1.807, 2.05) is 18.4 Å². The zero-order chi connectivity index (χ0) is 12.6. The quantitative estimate of drug-likeness (QED) is 0.595. The van der Waals surface area contributed by atoms with E-state index in [2.05, 4.69) is 11.6 Å². The van der Waals surface area contributed by atoms with Crippen molar-refractivity contribution in [2.75, 3.05) is 0 Å². The zero-order valence-electron chi connectivity index (χ0n) is 9.87. The first-order valence-corrected chi connectivity index (χ1v) is 5.87. The fourth-order valence-electron chi connectivity index (χ4n) is 1.86. The lowest BCUT2D eigenvalue weighted by atomic mass is 10.3. The van der Waals surface area contributed by atoms with Gasteiger partial charge in [-0.2, -0.15) is 0 Å². The average molecular weight is 253 g/mol. The van der Waals surface area contributed by atoms with Crippen LogP contribution in [0.2, 0.25) is 0 Å². The Labute approximate surface area is 105 Å². The molecule has 1 aromatic heterocycles. The van der Waals surface area contributed by atoms with Crippen LogP contribution in [0.4, 0.5) is 4.39 Å². The Morgan fingerprint density at radius 1 is 1.59 bits per heavy atom. The molecule has 2 rings (SSSR count). The van der Waals surface area contributed by atoms with Crippen molar-refractivity contribution < 1.29 is 4.39 Å². The predicted molar refractivity (Wildman–Crippen MR) is 68.8 cm³/mol. The van der Waals surface area contributed by atoms with Gasteiger partial charge in [0.2, 0.25) is 0 Å². The number of hydrogen-bond acceptors (Lipinski definition) is 1. The minimum absolute atomic E-state index is 0.218. The molecule has 0 aliphatic carbocycles. The number of halogens is 2. The third-order valence-electron chi connectivity index (χ3n) is 2.52. The van der Waals surface area contributed by atoms with Crippen LogP contribution in [0.3, 0.4) is 0 Å². The zero-order valence-corrected chi connectivity index (χ0v) is 10.6. The van der Waals surface area contributed by atoms with Crippen molar-refractivity contribution in [3.63, 3.8) is 0 Å². The van der Waals surface area contributed by atoms with Gasteiger partial charge in [0.05, 0.1) is 16.4 Å². The van der Waals surface area contributed by atoms with Crippen LogP contribution in [0, 0.1) is 5.82 Å². The van der Waals surface area contributed by atoms with Crippen molar-refractivity contribution >= 4 is 22.6 Å². The highest BCUT2D eigenvalue weighted by Crippen LogP contribution is 2.25. The van der Waals surface area contributed by atoms with Gasteiger partial charge in [0, 0.05) is 12.6 Å². The van der Waals surface area contributed by atoms with E-state index in [1.165, 1.54) is 12.1 Å². The SMILES string of the molecule is C=C(C)Cn1c(C(C)Cl)nc2cc(F)ccc21. The summed E-state index contributed by atoms with van der Waals surface area (Å²) in [5, 5.41) is -0.218. The Hall–Kier alpha value is -1.35. The standard InChI is InChI=1S/C13H14ClFN2/c1-8(2)7-17-12-5-4-10(15)6-11(12)16-13(17)9(3)14/h4-6,9H,1,7H2,2-3H3. The monoisotopic (exact) mass is 252 g/mol. The highest BCUT2D eigenvalue weighted by molar-refractivity contribution is 6.20. The molecule has 0 saturated heterocycles. The molecule has 90 valence electrons. The summed E-state index contributed by atoms with van der Waals surface area (Å²) in [4.78, 5) is 4.38. The highest BCUT2D eigenvalue weighted by atomic mass is 35.5. The molecule has 0 radical (unpaired) electrons. The summed E-state index contributed by atoms with van der Waals surface area (Å²) in [7, 11) is 0. The Morgan fingerprint density at radius 2 is 2.29 bits per heavy atom. The topological polar surface area (TPSA) is 17.8 Å². The second kappa shape index (κ2) is 4.49. The van der Waals surface area contributed by atoms with Crippen molar-refractivity contribution in [2.45, 2.75) is 25.8 Å². The molecule has 0 aliphatic heterocycles. The van der Waals surface area contributed by atoms with E-state index in [0.717, 1.165) is 16.9 Å². The maximum Gasteiger partial charge on any atom is 0.128 e. The number of fused-ring (bicyclic) bond motifs is 1. The minimum Gasteiger partial charge on any atom is -0.323 e. The first kappa shape index (κ1) is 12.1. The lowest BCUT2D eigenvalue weighted by Gasteiger charge is -2.09. The van der Waals surface area contributed by atoms with Gasteiger partial charge in [-0.3, -0.25) is 0 Å². The van der Waals surface area contributed by atoms with E-state index in [-0.39, 0.29) is 11.2 Å². The molecule has 0 spiro atoms. The van der Waals surface area contributed by atoms with Gasteiger partial charge in [-0.1, -0.05) is 12.2 Å². The number of benzene rings is 1. The Morgan fingerprint density at radius 3 is 2.88 bits per heavy atom. The van der Waals surface area contributed by atoms with Crippen LogP contribution in [-0.2, 0) is 6.54 Å². The molecule has 2 nitrogen and oxygen atoms in total. The van der Waals surface area contributed by atoms with E-state index in [1.54, 1.807) is 6.07 Å². The van der Waals surface area contributed by atoms with Crippen LogP contribution >= 0.6 is 11.6 Å². The van der Waals surface area contributed by atoms with Crippen LogP contribution in [0.5, 0.6) is 0 Å². The minimum atomic E-state index is -0.286. The second-order valence-electron chi connectivity index (χ2n) is 4.26. The molecule has 17 heavy (non-hydrogen) atoms. The third-order valence-corrected chi connectivity index (χ3v) is 2.72. The Kier molecular flexibility index (Phi) is 3.20. The molecule has 1 unspecified atom stereocenters. The summed E-state index contributed by atoms with van der Waals surface area (Å²) in [5.41, 5.74) is 2.53.